The van der Waals surface area contributed by atoms with Crippen LogP contribution in [0.3, 0.4) is 0 Å². The maximum Gasteiger partial charge on any atom is 0.113 e. The number of hydrogen-bond acceptors (Lipinski definition) is 2. The maximum atomic E-state index is 6.20. The van der Waals surface area contributed by atoms with Crippen molar-refractivity contribution >= 4 is 35.1 Å². The first-order valence-electron chi connectivity index (χ1n) is 10.5. The smallest absolute Gasteiger partial charge is 0.113 e. The molecule has 0 saturated carbocycles. The van der Waals surface area contributed by atoms with Gasteiger partial charge in [-0.05, 0) is 54.6 Å². The summed E-state index contributed by atoms with van der Waals surface area (Å²) in [5, 5.41) is 2.38. The van der Waals surface area contributed by atoms with E-state index in [9.17, 15) is 0 Å². The second kappa shape index (κ2) is 7.50. The first-order valence-corrected chi connectivity index (χ1v) is 10.5. The van der Waals surface area contributed by atoms with Gasteiger partial charge in [0.1, 0.15) is 7.85 Å². The summed E-state index contributed by atoms with van der Waals surface area (Å²) < 4.78 is 2.28. The minimum Gasteiger partial charge on any atom is -0.309 e. The van der Waals surface area contributed by atoms with E-state index in [0.717, 1.165) is 44.7 Å². The van der Waals surface area contributed by atoms with E-state index in [0.29, 0.717) is 0 Å². The number of hydrogen-bond donors (Lipinski definition) is 0. The van der Waals surface area contributed by atoms with Crippen molar-refractivity contribution in [2.24, 2.45) is 0 Å². The molecular formula is C28H18BN3. The maximum absolute atomic E-state index is 6.20. The van der Waals surface area contributed by atoms with E-state index in [-0.39, 0.29) is 0 Å². The summed E-state index contributed by atoms with van der Waals surface area (Å²) in [5.41, 5.74) is 7.93. The molecule has 0 bridgehead atoms. The zero-order valence-corrected chi connectivity index (χ0v) is 17.3. The van der Waals surface area contributed by atoms with E-state index in [1.54, 1.807) is 0 Å². The van der Waals surface area contributed by atoms with Gasteiger partial charge in [-0.15, -0.1) is 0 Å². The predicted molar refractivity (Wildman–Crippen MR) is 133 cm³/mol. The first kappa shape index (κ1) is 18.6. The summed E-state index contributed by atoms with van der Waals surface area (Å²) >= 11 is 0. The normalized spacial score (nSPS) is 11.2. The lowest BCUT2D eigenvalue weighted by molar-refractivity contribution is 1.18. The summed E-state index contributed by atoms with van der Waals surface area (Å²) in [6.45, 7) is 0. The Morgan fingerprint density at radius 1 is 0.562 bits per heavy atom. The molecule has 0 spiro atoms. The van der Waals surface area contributed by atoms with Crippen LogP contribution in [0.15, 0.2) is 109 Å². The van der Waals surface area contributed by atoms with Gasteiger partial charge in [-0.2, -0.15) is 0 Å². The first-order chi connectivity index (χ1) is 15.8. The molecular weight excluding hydrogens is 389 g/mol. The van der Waals surface area contributed by atoms with E-state index >= 15 is 0 Å². The quantitative estimate of drug-likeness (QED) is 0.352. The standard InChI is InChI=1S/C28H18BN3/c29-21-11-12-24-23-7-1-2-10-27(23)32(28(24)18-21)22-16-19(25-8-3-5-13-30-25)15-20(17-22)26-9-4-6-14-31-26/h1-18H. The molecule has 3 nitrogen and oxygen atoms in total. The van der Waals surface area contributed by atoms with Crippen molar-refractivity contribution < 1.29 is 0 Å². The number of benzene rings is 3. The Morgan fingerprint density at radius 3 is 1.84 bits per heavy atom. The summed E-state index contributed by atoms with van der Waals surface area (Å²) in [5.74, 6) is 0. The SMILES string of the molecule is [B]c1ccc2c3ccccc3n(-c3cc(-c4ccccn4)cc(-c4ccccn4)c3)c2c1. The highest BCUT2D eigenvalue weighted by atomic mass is 15.0. The van der Waals surface area contributed by atoms with Crippen molar-refractivity contribution in [1.82, 2.24) is 14.5 Å². The van der Waals surface area contributed by atoms with Crippen LogP contribution < -0.4 is 5.46 Å². The van der Waals surface area contributed by atoms with Gasteiger partial charge in [0.25, 0.3) is 0 Å². The van der Waals surface area contributed by atoms with Gasteiger partial charge in [0, 0.05) is 40.0 Å². The van der Waals surface area contributed by atoms with Crippen LogP contribution in [0.2, 0.25) is 0 Å². The summed E-state index contributed by atoms with van der Waals surface area (Å²) in [7, 11) is 6.20. The highest BCUT2D eigenvalue weighted by Gasteiger charge is 2.14. The molecule has 3 heterocycles. The Hall–Kier alpha value is -4.18. The molecule has 0 aliphatic heterocycles. The fraction of sp³-hybridized carbons (Fsp3) is 0. The zero-order valence-electron chi connectivity index (χ0n) is 17.3. The van der Waals surface area contributed by atoms with Gasteiger partial charge in [-0.1, -0.05) is 47.9 Å². The highest BCUT2D eigenvalue weighted by Crippen LogP contribution is 2.34. The van der Waals surface area contributed by atoms with E-state index in [1.807, 2.05) is 60.9 Å². The van der Waals surface area contributed by atoms with E-state index in [4.69, 9.17) is 7.85 Å². The molecule has 6 rings (SSSR count). The molecule has 6 aromatic rings. The van der Waals surface area contributed by atoms with Gasteiger partial charge in [-0.3, -0.25) is 9.97 Å². The summed E-state index contributed by atoms with van der Waals surface area (Å²) in [6, 6.07) is 33.0. The van der Waals surface area contributed by atoms with Crippen LogP contribution in [0.4, 0.5) is 0 Å². The van der Waals surface area contributed by atoms with E-state index < -0.39 is 0 Å². The van der Waals surface area contributed by atoms with Crippen LogP contribution in [-0.4, -0.2) is 22.4 Å². The third-order valence-electron chi connectivity index (χ3n) is 5.80. The number of nitrogens with zero attached hydrogens (tertiary/aromatic N) is 3. The Balaban J connectivity index is 1.70. The molecule has 3 aromatic heterocycles. The zero-order chi connectivity index (χ0) is 21.5. The fourth-order valence-corrected chi connectivity index (χ4v) is 4.37. The van der Waals surface area contributed by atoms with Crippen molar-refractivity contribution in [3.8, 4) is 28.2 Å². The van der Waals surface area contributed by atoms with E-state index in [1.165, 1.54) is 10.8 Å². The third kappa shape index (κ3) is 3.09. The van der Waals surface area contributed by atoms with E-state index in [2.05, 4.69) is 63.1 Å². The lowest BCUT2D eigenvalue weighted by Gasteiger charge is -2.13. The third-order valence-corrected chi connectivity index (χ3v) is 5.80. The molecule has 0 atom stereocenters. The average molecular weight is 407 g/mol. The van der Waals surface area contributed by atoms with Crippen LogP contribution in [0.5, 0.6) is 0 Å². The lowest BCUT2D eigenvalue weighted by atomic mass is 9.95. The predicted octanol–water partition coefficient (Wildman–Crippen LogP) is 5.70. The topological polar surface area (TPSA) is 30.7 Å². The van der Waals surface area contributed by atoms with Crippen LogP contribution in [0.25, 0.3) is 50.0 Å². The second-order valence-electron chi connectivity index (χ2n) is 7.83. The average Bonchev–Trinajstić information content (AvgIpc) is 3.18. The van der Waals surface area contributed by atoms with Gasteiger partial charge in [-0.25, -0.2) is 0 Å². The molecule has 2 radical (unpaired) electrons. The summed E-state index contributed by atoms with van der Waals surface area (Å²) in [4.78, 5) is 9.19. The second-order valence-corrected chi connectivity index (χ2v) is 7.83. The largest absolute Gasteiger partial charge is 0.309 e. The van der Waals surface area contributed by atoms with Crippen LogP contribution >= 0.6 is 0 Å². The molecule has 4 heteroatoms. The van der Waals surface area contributed by atoms with Crippen molar-refractivity contribution in [3.05, 3.63) is 109 Å². The monoisotopic (exact) mass is 407 g/mol. The van der Waals surface area contributed by atoms with Crippen molar-refractivity contribution in [1.29, 1.82) is 0 Å². The molecule has 0 N–H and O–H groups in total. The Kier molecular flexibility index (Phi) is 4.36. The number of rotatable bonds is 3. The fourth-order valence-electron chi connectivity index (χ4n) is 4.37. The minimum atomic E-state index is 0.743. The lowest BCUT2D eigenvalue weighted by Crippen LogP contribution is -2.02. The number of fused-ring (bicyclic) bond motifs is 3. The van der Waals surface area contributed by atoms with Crippen LogP contribution in [-0.2, 0) is 0 Å². The molecule has 148 valence electrons. The van der Waals surface area contributed by atoms with Crippen LogP contribution in [0.1, 0.15) is 0 Å². The van der Waals surface area contributed by atoms with Gasteiger partial charge in [0.15, 0.2) is 0 Å². The Morgan fingerprint density at radius 2 is 1.19 bits per heavy atom. The van der Waals surface area contributed by atoms with Crippen molar-refractivity contribution in [3.63, 3.8) is 0 Å². The van der Waals surface area contributed by atoms with Crippen molar-refractivity contribution in [2.45, 2.75) is 0 Å². The Bertz CT molecular complexity index is 1510. The van der Waals surface area contributed by atoms with Gasteiger partial charge < -0.3 is 4.57 Å². The molecule has 0 aliphatic rings. The number of aromatic nitrogens is 3. The highest BCUT2D eigenvalue weighted by molar-refractivity contribution is 6.33. The number of pyridine rings is 2. The van der Waals surface area contributed by atoms with Crippen molar-refractivity contribution in [2.75, 3.05) is 0 Å². The van der Waals surface area contributed by atoms with Gasteiger partial charge >= 0.3 is 0 Å². The molecule has 0 unspecified atom stereocenters. The molecule has 0 saturated heterocycles. The molecule has 0 fully saturated rings. The molecule has 0 aliphatic carbocycles. The molecule has 0 amide bonds. The Labute approximate surface area is 187 Å². The van der Waals surface area contributed by atoms with Gasteiger partial charge in [0.05, 0.1) is 22.4 Å². The molecule has 3 aromatic carbocycles. The molecule has 32 heavy (non-hydrogen) atoms. The van der Waals surface area contributed by atoms with Gasteiger partial charge in [0.2, 0.25) is 0 Å². The number of para-hydroxylation sites is 1. The minimum absolute atomic E-state index is 0.743. The van der Waals surface area contributed by atoms with Crippen LogP contribution in [0, 0.1) is 0 Å². The summed E-state index contributed by atoms with van der Waals surface area (Å²) in [6.07, 6.45) is 3.65.